The van der Waals surface area contributed by atoms with E-state index in [-0.39, 0.29) is 5.54 Å². The maximum Gasteiger partial charge on any atom is 0.111 e. The molecule has 33 heavy (non-hydrogen) atoms. The SMILES string of the molecule is Cn1nccc1C1CC(CC#N)(n2ccc(-c3nc(-c4cn[nH]c4)cc4ncccc34)n2)C1. The van der Waals surface area contributed by atoms with Crippen molar-refractivity contribution in [3.05, 3.63) is 67.0 Å². The van der Waals surface area contributed by atoms with Gasteiger partial charge in [0.1, 0.15) is 11.4 Å². The van der Waals surface area contributed by atoms with Gasteiger partial charge in [-0.3, -0.25) is 19.4 Å². The van der Waals surface area contributed by atoms with Gasteiger partial charge in [-0.2, -0.15) is 20.6 Å². The summed E-state index contributed by atoms with van der Waals surface area (Å²) in [6, 6.07) is 12.3. The lowest BCUT2D eigenvalue weighted by atomic mass is 9.65. The van der Waals surface area contributed by atoms with Crippen molar-refractivity contribution in [1.82, 2.24) is 39.7 Å². The molecule has 0 bridgehead atoms. The lowest BCUT2D eigenvalue weighted by Gasteiger charge is -2.46. The van der Waals surface area contributed by atoms with Crippen molar-refractivity contribution >= 4 is 10.9 Å². The van der Waals surface area contributed by atoms with E-state index in [0.29, 0.717) is 12.3 Å². The van der Waals surface area contributed by atoms with Gasteiger partial charge in [0, 0.05) is 54.4 Å². The van der Waals surface area contributed by atoms with E-state index in [1.54, 1.807) is 12.4 Å². The Morgan fingerprint density at radius 1 is 1.21 bits per heavy atom. The van der Waals surface area contributed by atoms with E-state index in [2.05, 4.69) is 32.4 Å². The van der Waals surface area contributed by atoms with E-state index in [4.69, 9.17) is 10.1 Å². The van der Waals surface area contributed by atoms with Crippen molar-refractivity contribution in [3.8, 4) is 28.7 Å². The third-order valence-corrected chi connectivity index (χ3v) is 6.65. The zero-order chi connectivity index (χ0) is 22.4. The van der Waals surface area contributed by atoms with Crippen LogP contribution in [0.3, 0.4) is 0 Å². The van der Waals surface area contributed by atoms with Crippen molar-refractivity contribution in [2.75, 3.05) is 0 Å². The molecular formula is C24H21N9. The van der Waals surface area contributed by atoms with E-state index >= 15 is 0 Å². The van der Waals surface area contributed by atoms with Crippen molar-refractivity contribution in [2.24, 2.45) is 7.05 Å². The molecule has 5 heterocycles. The van der Waals surface area contributed by atoms with Crippen LogP contribution in [0.4, 0.5) is 0 Å². The number of nitrogens with one attached hydrogen (secondary N) is 1. The first-order valence-electron chi connectivity index (χ1n) is 10.8. The van der Waals surface area contributed by atoms with Gasteiger partial charge >= 0.3 is 0 Å². The number of aromatic amines is 1. The van der Waals surface area contributed by atoms with Gasteiger partial charge in [-0.15, -0.1) is 0 Å². The summed E-state index contributed by atoms with van der Waals surface area (Å²) >= 11 is 0. The standard InChI is InChI=1S/C24H21N9/c1-32-22(4-9-29-32)16-12-24(13-16,6-7-25)33-10-5-19(31-33)23-18-3-2-8-26-21(18)11-20(30-23)17-14-27-28-15-17/h2-5,8-11,14-16H,6,12-13H2,1H3,(H,27,28). The number of fused-ring (bicyclic) bond motifs is 1. The Bertz CT molecular complexity index is 1480. The van der Waals surface area contributed by atoms with Crippen LogP contribution < -0.4 is 0 Å². The number of H-pyrrole nitrogens is 1. The zero-order valence-electron chi connectivity index (χ0n) is 18.0. The maximum absolute atomic E-state index is 9.57. The van der Waals surface area contributed by atoms with E-state index < -0.39 is 0 Å². The van der Waals surface area contributed by atoms with Crippen LogP contribution in [-0.4, -0.2) is 39.7 Å². The molecule has 6 rings (SSSR count). The van der Waals surface area contributed by atoms with Crippen LogP contribution in [0.5, 0.6) is 0 Å². The van der Waals surface area contributed by atoms with Crippen molar-refractivity contribution in [2.45, 2.75) is 30.7 Å². The molecule has 0 amide bonds. The van der Waals surface area contributed by atoms with E-state index in [9.17, 15) is 5.26 Å². The molecule has 0 saturated heterocycles. The number of aryl methyl sites for hydroxylation is 1. The first-order chi connectivity index (χ1) is 16.2. The number of hydrogen-bond acceptors (Lipinski definition) is 6. The van der Waals surface area contributed by atoms with Gasteiger partial charge in [-0.05, 0) is 43.2 Å². The molecule has 0 atom stereocenters. The summed E-state index contributed by atoms with van der Waals surface area (Å²) in [5, 5.41) is 26.6. The summed E-state index contributed by atoms with van der Waals surface area (Å²) in [6.45, 7) is 0. The molecule has 0 unspecified atom stereocenters. The van der Waals surface area contributed by atoms with Gasteiger partial charge in [0.2, 0.25) is 0 Å². The Hall–Kier alpha value is -4.32. The molecule has 0 spiro atoms. The third kappa shape index (κ3) is 3.10. The lowest BCUT2D eigenvalue weighted by molar-refractivity contribution is 0.0965. The molecule has 0 aliphatic heterocycles. The second-order valence-corrected chi connectivity index (χ2v) is 8.60. The van der Waals surface area contributed by atoms with Gasteiger partial charge in [-0.25, -0.2) is 4.98 Å². The van der Waals surface area contributed by atoms with Crippen LogP contribution in [0, 0.1) is 11.3 Å². The topological polar surface area (TPSA) is 114 Å². The molecule has 5 aromatic rings. The number of nitriles is 1. The van der Waals surface area contributed by atoms with Crippen LogP contribution in [0.1, 0.15) is 30.9 Å². The van der Waals surface area contributed by atoms with E-state index in [1.165, 1.54) is 5.69 Å². The highest BCUT2D eigenvalue weighted by Gasteiger charge is 2.48. The second-order valence-electron chi connectivity index (χ2n) is 8.60. The molecule has 5 aromatic heterocycles. The Kier molecular flexibility index (Phi) is 4.33. The molecule has 1 fully saturated rings. The van der Waals surface area contributed by atoms with Gasteiger partial charge < -0.3 is 0 Å². The monoisotopic (exact) mass is 435 g/mol. The average Bonchev–Trinajstić information content (AvgIpc) is 3.57. The maximum atomic E-state index is 9.57. The van der Waals surface area contributed by atoms with Crippen molar-refractivity contribution in [1.29, 1.82) is 5.26 Å². The predicted molar refractivity (Wildman–Crippen MR) is 122 cm³/mol. The minimum absolute atomic E-state index is 0.321. The number of aromatic nitrogens is 8. The van der Waals surface area contributed by atoms with Gasteiger partial charge in [0.05, 0.1) is 35.4 Å². The fourth-order valence-corrected chi connectivity index (χ4v) is 4.93. The molecule has 1 aliphatic carbocycles. The molecule has 162 valence electrons. The molecule has 9 nitrogen and oxygen atoms in total. The summed E-state index contributed by atoms with van der Waals surface area (Å²) in [4.78, 5) is 9.45. The molecular weight excluding hydrogens is 414 g/mol. The Morgan fingerprint density at radius 3 is 2.88 bits per heavy atom. The van der Waals surface area contributed by atoms with Crippen molar-refractivity contribution < 1.29 is 0 Å². The molecule has 1 N–H and O–H groups in total. The molecule has 9 heteroatoms. The minimum Gasteiger partial charge on any atom is -0.285 e. The summed E-state index contributed by atoms with van der Waals surface area (Å²) < 4.78 is 3.88. The second kappa shape index (κ2) is 7.38. The van der Waals surface area contributed by atoms with E-state index in [0.717, 1.165) is 46.4 Å². The number of nitrogens with zero attached hydrogens (tertiary/aromatic N) is 8. The van der Waals surface area contributed by atoms with Crippen LogP contribution in [-0.2, 0) is 12.6 Å². The van der Waals surface area contributed by atoms with Crippen molar-refractivity contribution in [3.63, 3.8) is 0 Å². The summed E-state index contributed by atoms with van der Waals surface area (Å²) in [7, 11) is 1.96. The van der Waals surface area contributed by atoms with E-state index in [1.807, 2.05) is 59.3 Å². The number of pyridine rings is 2. The largest absolute Gasteiger partial charge is 0.285 e. The quantitative estimate of drug-likeness (QED) is 0.449. The van der Waals surface area contributed by atoms with Gasteiger partial charge in [0.25, 0.3) is 0 Å². The first-order valence-corrected chi connectivity index (χ1v) is 10.8. The highest BCUT2D eigenvalue weighted by molar-refractivity contribution is 5.93. The zero-order valence-corrected chi connectivity index (χ0v) is 18.0. The molecule has 1 saturated carbocycles. The van der Waals surface area contributed by atoms with Crippen LogP contribution >= 0.6 is 0 Å². The van der Waals surface area contributed by atoms with Crippen LogP contribution in [0.2, 0.25) is 0 Å². The number of hydrogen-bond donors (Lipinski definition) is 1. The van der Waals surface area contributed by atoms with Gasteiger partial charge in [-0.1, -0.05) is 0 Å². The summed E-state index contributed by atoms with van der Waals surface area (Å²) in [5.41, 5.74) is 4.93. The fraction of sp³-hybridized carbons (Fsp3) is 0.250. The average molecular weight is 435 g/mol. The van der Waals surface area contributed by atoms with Crippen LogP contribution in [0.25, 0.3) is 33.5 Å². The molecule has 0 aromatic carbocycles. The summed E-state index contributed by atoms with van der Waals surface area (Å²) in [6.07, 6.45) is 11.2. The fourth-order valence-electron chi connectivity index (χ4n) is 4.93. The Labute approximate surface area is 189 Å². The smallest absolute Gasteiger partial charge is 0.111 e. The van der Waals surface area contributed by atoms with Gasteiger partial charge in [0.15, 0.2) is 0 Å². The molecule has 1 aliphatic rings. The lowest BCUT2D eigenvalue weighted by Crippen LogP contribution is -2.46. The highest BCUT2D eigenvalue weighted by atomic mass is 15.3. The molecule has 0 radical (unpaired) electrons. The summed E-state index contributed by atoms with van der Waals surface area (Å²) in [5.74, 6) is 0.367. The first kappa shape index (κ1) is 19.4. The normalized spacial score (nSPS) is 19.9. The predicted octanol–water partition coefficient (Wildman–Crippen LogP) is 3.80. The Morgan fingerprint density at radius 2 is 2.12 bits per heavy atom. The number of rotatable bonds is 5. The van der Waals surface area contributed by atoms with Crippen LogP contribution in [0.15, 0.2) is 61.3 Å². The Balaban J connectivity index is 1.40. The third-order valence-electron chi connectivity index (χ3n) is 6.65. The minimum atomic E-state index is -0.321. The highest BCUT2D eigenvalue weighted by Crippen LogP contribution is 2.51.